The SMILES string of the molecule is C[C@H]1CC[C@H]2[C@H](C)[C@H]3CC[C@@H]4[C@@H](C[C@H]5[C@H]4CCC4CC(O)CC[C@@]45C)[C@@H]3CN2C1. The molecule has 2 unspecified atom stereocenters. The van der Waals surface area contributed by atoms with E-state index in [1.807, 2.05) is 0 Å². The molecule has 6 aliphatic rings. The highest BCUT2D eigenvalue weighted by Crippen LogP contribution is 2.67. The summed E-state index contributed by atoms with van der Waals surface area (Å²) in [6, 6.07) is 0.898. The lowest BCUT2D eigenvalue weighted by molar-refractivity contribution is -0.0759. The number of hydrogen-bond donors (Lipinski definition) is 1. The molecule has 2 aliphatic heterocycles. The minimum atomic E-state index is -0.00472. The summed E-state index contributed by atoms with van der Waals surface area (Å²) in [5, 5.41) is 10.3. The van der Waals surface area contributed by atoms with Gasteiger partial charge in [-0.05, 0) is 123 Å². The van der Waals surface area contributed by atoms with Crippen LogP contribution in [-0.4, -0.2) is 35.2 Å². The Morgan fingerprint density at radius 3 is 2.41 bits per heavy atom. The molecule has 0 amide bonds. The van der Waals surface area contributed by atoms with Crippen LogP contribution in [0.1, 0.15) is 85.0 Å². The molecule has 6 fully saturated rings. The molecular formula is C27H45NO. The van der Waals surface area contributed by atoms with Crippen molar-refractivity contribution in [1.82, 2.24) is 4.90 Å². The molecule has 2 nitrogen and oxygen atoms in total. The molecule has 0 aromatic heterocycles. The fourth-order valence-corrected chi connectivity index (χ4v) is 10.5. The van der Waals surface area contributed by atoms with Crippen LogP contribution < -0.4 is 0 Å². The summed E-state index contributed by atoms with van der Waals surface area (Å²) in [6.07, 6.45) is 13.9. The van der Waals surface area contributed by atoms with Gasteiger partial charge in [0.2, 0.25) is 0 Å². The second-order valence-corrected chi connectivity index (χ2v) is 13.0. The Morgan fingerprint density at radius 1 is 0.759 bits per heavy atom. The summed E-state index contributed by atoms with van der Waals surface area (Å²) in [4.78, 5) is 2.96. The topological polar surface area (TPSA) is 23.5 Å². The number of rotatable bonds is 0. The molecule has 0 radical (unpaired) electrons. The zero-order valence-electron chi connectivity index (χ0n) is 19.2. The molecule has 4 aliphatic carbocycles. The van der Waals surface area contributed by atoms with Gasteiger partial charge < -0.3 is 5.11 Å². The predicted molar refractivity (Wildman–Crippen MR) is 118 cm³/mol. The monoisotopic (exact) mass is 399 g/mol. The molecule has 0 aromatic rings. The van der Waals surface area contributed by atoms with E-state index in [1.54, 1.807) is 12.8 Å². The Labute approximate surface area is 179 Å². The van der Waals surface area contributed by atoms with E-state index in [1.165, 1.54) is 51.6 Å². The van der Waals surface area contributed by atoms with E-state index in [0.717, 1.165) is 72.1 Å². The number of fused-ring (bicyclic) bond motifs is 8. The van der Waals surface area contributed by atoms with Crippen LogP contribution in [0, 0.1) is 58.7 Å². The third kappa shape index (κ3) is 2.86. The maximum Gasteiger partial charge on any atom is 0.0543 e. The highest BCUT2D eigenvalue weighted by Gasteiger charge is 2.60. The van der Waals surface area contributed by atoms with Crippen molar-refractivity contribution in [3.8, 4) is 0 Å². The number of hydrogen-bond acceptors (Lipinski definition) is 2. The number of aliphatic hydroxyl groups excluding tert-OH is 1. The Morgan fingerprint density at radius 2 is 1.55 bits per heavy atom. The van der Waals surface area contributed by atoms with Crippen LogP contribution in [0.15, 0.2) is 0 Å². The zero-order valence-corrected chi connectivity index (χ0v) is 19.2. The molecule has 4 saturated carbocycles. The fraction of sp³-hybridized carbons (Fsp3) is 1.00. The quantitative estimate of drug-likeness (QED) is 0.574. The lowest BCUT2D eigenvalue weighted by atomic mass is 9.52. The Bertz CT molecular complexity index is 632. The van der Waals surface area contributed by atoms with E-state index in [4.69, 9.17) is 0 Å². The molecule has 2 heterocycles. The van der Waals surface area contributed by atoms with Crippen molar-refractivity contribution in [1.29, 1.82) is 0 Å². The van der Waals surface area contributed by atoms with Gasteiger partial charge in [0, 0.05) is 19.1 Å². The van der Waals surface area contributed by atoms with Gasteiger partial charge >= 0.3 is 0 Å². The minimum absolute atomic E-state index is 0.00472. The molecular weight excluding hydrogens is 354 g/mol. The van der Waals surface area contributed by atoms with Gasteiger partial charge in [-0.1, -0.05) is 20.8 Å². The number of aliphatic hydroxyl groups is 1. The van der Waals surface area contributed by atoms with Gasteiger partial charge in [-0.25, -0.2) is 0 Å². The van der Waals surface area contributed by atoms with Crippen molar-refractivity contribution < 1.29 is 5.11 Å². The molecule has 2 saturated heterocycles. The summed E-state index contributed by atoms with van der Waals surface area (Å²) in [6.45, 7) is 10.6. The van der Waals surface area contributed by atoms with Gasteiger partial charge in [-0.2, -0.15) is 0 Å². The lowest BCUT2D eigenvalue weighted by Gasteiger charge is -2.56. The molecule has 0 spiro atoms. The second-order valence-electron chi connectivity index (χ2n) is 13.0. The predicted octanol–water partition coefficient (Wildman–Crippen LogP) is 5.59. The summed E-state index contributed by atoms with van der Waals surface area (Å²) >= 11 is 0. The average molecular weight is 400 g/mol. The lowest BCUT2D eigenvalue weighted by Crippen LogP contribution is -2.58. The standard InChI is InChI=1S/C27H45NO/c1-16-4-9-26-17(2)20-7-8-21-22-6-5-18-12-19(29)10-11-27(18,3)25(22)13-23(21)24(20)15-28(26)14-16/h16-26,29H,4-15H2,1-3H3/t16-,17+,18?,19?,20+,21-,22-,23+,24+,25-,26-,27-/m0/s1. The number of piperidine rings is 2. The van der Waals surface area contributed by atoms with Crippen molar-refractivity contribution in [2.24, 2.45) is 58.7 Å². The summed E-state index contributed by atoms with van der Waals surface area (Å²) in [5.74, 6) is 8.70. The van der Waals surface area contributed by atoms with Gasteiger partial charge in [0.25, 0.3) is 0 Å². The first-order valence-electron chi connectivity index (χ1n) is 13.4. The molecule has 6 rings (SSSR count). The first kappa shape index (κ1) is 19.6. The van der Waals surface area contributed by atoms with Gasteiger partial charge in [0.05, 0.1) is 6.10 Å². The molecule has 12 atom stereocenters. The van der Waals surface area contributed by atoms with Crippen molar-refractivity contribution in [2.75, 3.05) is 13.1 Å². The Hall–Kier alpha value is -0.0800. The Balaban J connectivity index is 1.26. The molecule has 2 heteroatoms. The van der Waals surface area contributed by atoms with Gasteiger partial charge in [-0.15, -0.1) is 0 Å². The largest absolute Gasteiger partial charge is 0.393 e. The van der Waals surface area contributed by atoms with Gasteiger partial charge in [-0.3, -0.25) is 4.90 Å². The van der Waals surface area contributed by atoms with Crippen molar-refractivity contribution in [2.45, 2.75) is 97.1 Å². The molecule has 29 heavy (non-hydrogen) atoms. The van der Waals surface area contributed by atoms with E-state index < -0.39 is 0 Å². The van der Waals surface area contributed by atoms with Crippen LogP contribution in [-0.2, 0) is 0 Å². The zero-order chi connectivity index (χ0) is 19.9. The van der Waals surface area contributed by atoms with Crippen molar-refractivity contribution in [3.05, 3.63) is 0 Å². The van der Waals surface area contributed by atoms with Crippen LogP contribution in [0.5, 0.6) is 0 Å². The summed E-state index contributed by atoms with van der Waals surface area (Å²) < 4.78 is 0. The first-order chi connectivity index (χ1) is 14.0. The van der Waals surface area contributed by atoms with Crippen molar-refractivity contribution >= 4 is 0 Å². The van der Waals surface area contributed by atoms with Gasteiger partial charge in [0.1, 0.15) is 0 Å². The van der Waals surface area contributed by atoms with E-state index in [2.05, 4.69) is 25.7 Å². The second kappa shape index (κ2) is 6.96. The molecule has 0 bridgehead atoms. The third-order valence-corrected chi connectivity index (χ3v) is 12.0. The van der Waals surface area contributed by atoms with Crippen LogP contribution >= 0.6 is 0 Å². The van der Waals surface area contributed by atoms with E-state index in [-0.39, 0.29) is 6.10 Å². The summed E-state index contributed by atoms with van der Waals surface area (Å²) in [5.41, 5.74) is 0.539. The maximum absolute atomic E-state index is 10.3. The minimum Gasteiger partial charge on any atom is -0.393 e. The van der Waals surface area contributed by atoms with Crippen molar-refractivity contribution in [3.63, 3.8) is 0 Å². The number of nitrogens with zero attached hydrogens (tertiary/aromatic N) is 1. The van der Waals surface area contributed by atoms with Gasteiger partial charge in [0.15, 0.2) is 0 Å². The highest BCUT2D eigenvalue weighted by molar-refractivity contribution is 5.10. The van der Waals surface area contributed by atoms with E-state index in [0.29, 0.717) is 5.41 Å². The smallest absolute Gasteiger partial charge is 0.0543 e. The molecule has 164 valence electrons. The molecule has 0 aromatic carbocycles. The first-order valence-corrected chi connectivity index (χ1v) is 13.4. The van der Waals surface area contributed by atoms with Crippen LogP contribution in [0.25, 0.3) is 0 Å². The molecule has 1 N–H and O–H groups in total. The van der Waals surface area contributed by atoms with E-state index >= 15 is 0 Å². The highest BCUT2D eigenvalue weighted by atomic mass is 16.3. The van der Waals surface area contributed by atoms with Crippen LogP contribution in [0.4, 0.5) is 0 Å². The van der Waals surface area contributed by atoms with Crippen LogP contribution in [0.2, 0.25) is 0 Å². The van der Waals surface area contributed by atoms with E-state index in [9.17, 15) is 5.11 Å². The average Bonchev–Trinajstić information content (AvgIpc) is 3.09. The maximum atomic E-state index is 10.3. The third-order valence-electron chi connectivity index (χ3n) is 12.0. The van der Waals surface area contributed by atoms with Crippen LogP contribution in [0.3, 0.4) is 0 Å². The summed E-state index contributed by atoms with van der Waals surface area (Å²) in [7, 11) is 0. The fourth-order valence-electron chi connectivity index (χ4n) is 10.5. The normalized spacial score (nSPS) is 59.8. The Kier molecular flexibility index (Phi) is 4.70.